The minimum absolute atomic E-state index is 0.0262. The van der Waals surface area contributed by atoms with Crippen molar-refractivity contribution in [1.29, 1.82) is 0 Å². The van der Waals surface area contributed by atoms with E-state index in [9.17, 15) is 19.5 Å². The topological polar surface area (TPSA) is 86.7 Å². The molecule has 21 heavy (non-hydrogen) atoms. The molecular weight excluding hydrogens is 617 g/mol. The SMILES string of the molecule is CNC(=O)c1c(I)c(C(=O)O)c(I)c(N(C)C(C)=O)c1I. The lowest BCUT2D eigenvalue weighted by molar-refractivity contribution is -0.116. The first kappa shape index (κ1) is 18.9. The Labute approximate surface area is 162 Å². The standard InChI is InChI=1S/C12H11I3N2O4/c1-4(18)17(3)10-8(14)5(11(19)16-2)7(13)6(9(10)15)12(20)21/h1-3H3,(H,16,19)(H,20,21). The van der Waals surface area contributed by atoms with Crippen LogP contribution < -0.4 is 10.2 Å². The lowest BCUT2D eigenvalue weighted by Crippen LogP contribution is -2.29. The first-order valence-corrected chi connectivity index (χ1v) is 8.78. The van der Waals surface area contributed by atoms with Crippen molar-refractivity contribution in [3.8, 4) is 0 Å². The van der Waals surface area contributed by atoms with Gasteiger partial charge in [0, 0.05) is 24.6 Å². The van der Waals surface area contributed by atoms with Gasteiger partial charge in [0.2, 0.25) is 5.91 Å². The fourth-order valence-electron chi connectivity index (χ4n) is 1.61. The molecule has 1 aromatic carbocycles. The van der Waals surface area contributed by atoms with Crippen molar-refractivity contribution < 1.29 is 19.5 Å². The van der Waals surface area contributed by atoms with Crippen LogP contribution in [0.3, 0.4) is 0 Å². The maximum absolute atomic E-state index is 12.1. The quantitative estimate of drug-likeness (QED) is 0.505. The molecule has 0 fully saturated rings. The van der Waals surface area contributed by atoms with Crippen LogP contribution in [0.1, 0.15) is 27.6 Å². The van der Waals surface area contributed by atoms with Gasteiger partial charge >= 0.3 is 5.97 Å². The number of hydrogen-bond donors (Lipinski definition) is 2. The van der Waals surface area contributed by atoms with E-state index in [0.29, 0.717) is 16.4 Å². The Morgan fingerprint density at radius 1 is 1.05 bits per heavy atom. The number of carboxylic acids is 1. The first-order chi connectivity index (χ1) is 9.64. The Hall–Kier alpha value is -0.180. The molecule has 1 rings (SSSR count). The van der Waals surface area contributed by atoms with E-state index in [1.807, 2.05) is 67.8 Å². The van der Waals surface area contributed by atoms with Crippen molar-refractivity contribution in [2.45, 2.75) is 6.92 Å². The van der Waals surface area contributed by atoms with E-state index in [1.54, 1.807) is 7.05 Å². The van der Waals surface area contributed by atoms with E-state index >= 15 is 0 Å². The van der Waals surface area contributed by atoms with Gasteiger partial charge in [-0.2, -0.15) is 0 Å². The van der Waals surface area contributed by atoms with Crippen LogP contribution in [0.25, 0.3) is 0 Å². The van der Waals surface area contributed by atoms with Gasteiger partial charge < -0.3 is 15.3 Å². The van der Waals surface area contributed by atoms with Gasteiger partial charge in [0.05, 0.1) is 24.0 Å². The zero-order valence-corrected chi connectivity index (χ0v) is 17.7. The Balaban J connectivity index is 3.89. The van der Waals surface area contributed by atoms with Crippen molar-refractivity contribution in [3.63, 3.8) is 0 Å². The molecule has 0 aliphatic rings. The molecule has 0 heterocycles. The van der Waals surface area contributed by atoms with Crippen LogP contribution in [-0.2, 0) is 4.79 Å². The molecule has 0 unspecified atom stereocenters. The van der Waals surface area contributed by atoms with Gasteiger partial charge in [-0.3, -0.25) is 9.59 Å². The van der Waals surface area contributed by atoms with Gasteiger partial charge in [0.15, 0.2) is 0 Å². The summed E-state index contributed by atoms with van der Waals surface area (Å²) in [5.41, 5.74) is 0.720. The molecule has 9 heteroatoms. The molecule has 0 aliphatic heterocycles. The summed E-state index contributed by atoms with van der Waals surface area (Å²) in [4.78, 5) is 36.6. The van der Waals surface area contributed by atoms with Crippen LogP contribution in [0.4, 0.5) is 5.69 Å². The monoisotopic (exact) mass is 628 g/mol. The maximum Gasteiger partial charge on any atom is 0.337 e. The summed E-state index contributed by atoms with van der Waals surface area (Å²) in [5, 5.41) is 11.9. The van der Waals surface area contributed by atoms with E-state index in [-0.39, 0.29) is 22.9 Å². The molecule has 0 saturated carbocycles. The third kappa shape index (κ3) is 3.60. The van der Waals surface area contributed by atoms with Crippen LogP contribution in [0.2, 0.25) is 0 Å². The second-order valence-corrected chi connectivity index (χ2v) is 7.24. The fourth-order valence-corrected chi connectivity index (χ4v) is 6.46. The molecule has 2 amide bonds. The number of benzene rings is 1. The third-order valence-electron chi connectivity index (χ3n) is 2.77. The summed E-state index contributed by atoms with van der Waals surface area (Å²) < 4.78 is 1.33. The second kappa shape index (κ2) is 7.39. The molecule has 114 valence electrons. The Bertz CT molecular complexity index is 646. The molecular formula is C12H11I3N2O4. The van der Waals surface area contributed by atoms with E-state index in [0.717, 1.165) is 0 Å². The lowest BCUT2D eigenvalue weighted by atomic mass is 10.1. The molecule has 0 aliphatic carbocycles. The summed E-state index contributed by atoms with van der Waals surface area (Å²) in [5.74, 6) is -1.77. The fraction of sp³-hybridized carbons (Fsp3) is 0.250. The molecule has 0 bridgehead atoms. The number of anilines is 1. The van der Waals surface area contributed by atoms with Gasteiger partial charge in [-0.05, 0) is 67.8 Å². The lowest BCUT2D eigenvalue weighted by Gasteiger charge is -2.23. The molecule has 0 aromatic heterocycles. The van der Waals surface area contributed by atoms with Gasteiger partial charge in [-0.1, -0.05) is 0 Å². The summed E-state index contributed by atoms with van der Waals surface area (Å²) in [6.07, 6.45) is 0. The van der Waals surface area contributed by atoms with Crippen molar-refractivity contribution in [2.75, 3.05) is 19.0 Å². The highest BCUT2D eigenvalue weighted by atomic mass is 127. The Morgan fingerprint density at radius 2 is 1.52 bits per heavy atom. The number of carboxylic acid groups (broad SMARTS) is 1. The third-order valence-corrected chi connectivity index (χ3v) is 5.95. The molecule has 1 aromatic rings. The molecule has 0 saturated heterocycles. The number of nitrogens with one attached hydrogen (secondary N) is 1. The largest absolute Gasteiger partial charge is 0.478 e. The van der Waals surface area contributed by atoms with Crippen LogP contribution in [0, 0.1) is 10.7 Å². The summed E-state index contributed by atoms with van der Waals surface area (Å²) >= 11 is 5.70. The van der Waals surface area contributed by atoms with Gasteiger partial charge in [-0.25, -0.2) is 4.79 Å². The average Bonchev–Trinajstić information content (AvgIpc) is 2.37. The average molecular weight is 628 g/mol. The van der Waals surface area contributed by atoms with Crippen molar-refractivity contribution >= 4 is 91.2 Å². The molecule has 0 spiro atoms. The van der Waals surface area contributed by atoms with Gasteiger partial charge in [0.25, 0.3) is 5.91 Å². The number of amides is 2. The van der Waals surface area contributed by atoms with E-state index in [2.05, 4.69) is 5.32 Å². The highest BCUT2D eigenvalue weighted by Gasteiger charge is 2.29. The van der Waals surface area contributed by atoms with Crippen molar-refractivity contribution in [1.82, 2.24) is 5.32 Å². The summed E-state index contributed by atoms with van der Waals surface area (Å²) in [6, 6.07) is 0. The number of aromatic carboxylic acids is 1. The highest BCUT2D eigenvalue weighted by molar-refractivity contribution is 14.1. The summed E-state index contributed by atoms with van der Waals surface area (Å²) in [7, 11) is 3.02. The first-order valence-electron chi connectivity index (χ1n) is 5.55. The van der Waals surface area contributed by atoms with Crippen molar-refractivity contribution in [3.05, 3.63) is 21.8 Å². The van der Waals surface area contributed by atoms with Gasteiger partial charge in [-0.15, -0.1) is 0 Å². The van der Waals surface area contributed by atoms with Crippen LogP contribution >= 0.6 is 67.8 Å². The van der Waals surface area contributed by atoms with Crippen LogP contribution in [0.15, 0.2) is 0 Å². The van der Waals surface area contributed by atoms with E-state index in [1.165, 1.54) is 18.9 Å². The van der Waals surface area contributed by atoms with Crippen LogP contribution in [-0.4, -0.2) is 37.0 Å². The van der Waals surface area contributed by atoms with Gasteiger partial charge in [0.1, 0.15) is 0 Å². The zero-order chi connectivity index (χ0) is 16.5. The number of carbonyl (C=O) groups is 3. The number of hydrogen-bond acceptors (Lipinski definition) is 3. The Morgan fingerprint density at radius 3 is 1.90 bits per heavy atom. The molecule has 0 atom stereocenters. The normalized spacial score (nSPS) is 10.2. The number of rotatable bonds is 3. The highest BCUT2D eigenvalue weighted by Crippen LogP contribution is 2.37. The smallest absolute Gasteiger partial charge is 0.337 e. The zero-order valence-electron chi connectivity index (χ0n) is 11.3. The predicted octanol–water partition coefficient (Wildman–Crippen LogP) is 2.54. The van der Waals surface area contributed by atoms with E-state index < -0.39 is 5.97 Å². The second-order valence-electron chi connectivity index (χ2n) is 4.00. The van der Waals surface area contributed by atoms with Crippen LogP contribution in [0.5, 0.6) is 0 Å². The minimum Gasteiger partial charge on any atom is -0.478 e. The molecule has 6 nitrogen and oxygen atoms in total. The minimum atomic E-state index is -1.14. The predicted molar refractivity (Wildman–Crippen MR) is 104 cm³/mol. The summed E-state index contributed by atoms with van der Waals surface area (Å²) in [6.45, 7) is 1.38. The molecule has 2 N–H and O–H groups in total. The molecule has 0 radical (unpaired) electrons. The number of halogens is 3. The number of carbonyl (C=O) groups excluding carboxylic acids is 2. The number of nitrogens with zero attached hydrogens (tertiary/aromatic N) is 1. The van der Waals surface area contributed by atoms with Crippen molar-refractivity contribution in [2.24, 2.45) is 0 Å². The Kier molecular flexibility index (Phi) is 6.64. The maximum atomic E-state index is 12.1. The van der Waals surface area contributed by atoms with E-state index in [4.69, 9.17) is 0 Å².